The van der Waals surface area contributed by atoms with Gasteiger partial charge >= 0.3 is 0 Å². The Bertz CT molecular complexity index is 951. The van der Waals surface area contributed by atoms with Gasteiger partial charge in [-0.3, -0.25) is 9.78 Å². The van der Waals surface area contributed by atoms with Crippen molar-refractivity contribution < 1.29 is 4.79 Å². The predicted octanol–water partition coefficient (Wildman–Crippen LogP) is 3.83. The summed E-state index contributed by atoms with van der Waals surface area (Å²) in [5.41, 5.74) is 4.15. The number of hydrogen-bond donors (Lipinski definition) is 2. The molecule has 1 aliphatic heterocycles. The molecule has 2 heterocycles. The summed E-state index contributed by atoms with van der Waals surface area (Å²) in [4.78, 5) is 21.4. The first kappa shape index (κ1) is 19.0. The number of carbonyl (C=O) groups is 1. The number of piperazine rings is 1. The first-order valence-corrected chi connectivity index (χ1v) is 9.80. The Morgan fingerprint density at radius 1 is 0.862 bits per heavy atom. The number of nitrogens with one attached hydrogen (secondary N) is 2. The molecule has 2 N–H and O–H groups in total. The highest BCUT2D eigenvalue weighted by molar-refractivity contribution is 6.03. The lowest BCUT2D eigenvalue weighted by molar-refractivity contribution is 0.102. The van der Waals surface area contributed by atoms with Gasteiger partial charge in [-0.25, -0.2) is 0 Å². The number of hydrogen-bond acceptors (Lipinski definition) is 5. The molecule has 0 bridgehead atoms. The summed E-state index contributed by atoms with van der Waals surface area (Å²) >= 11 is 0. The van der Waals surface area contributed by atoms with Gasteiger partial charge in [0.15, 0.2) is 0 Å². The highest BCUT2D eigenvalue weighted by Crippen LogP contribution is 2.22. The average molecular weight is 387 g/mol. The first-order valence-electron chi connectivity index (χ1n) is 9.80. The maximum Gasteiger partial charge on any atom is 0.274 e. The number of amides is 1. The number of anilines is 4. The fourth-order valence-corrected chi connectivity index (χ4v) is 3.34. The second-order valence-corrected chi connectivity index (χ2v) is 7.21. The quantitative estimate of drug-likeness (QED) is 0.697. The number of nitrogens with zero attached hydrogens (tertiary/aromatic N) is 3. The molecule has 0 aliphatic carbocycles. The highest BCUT2D eigenvalue weighted by atomic mass is 16.1. The summed E-state index contributed by atoms with van der Waals surface area (Å²) < 4.78 is 0. The second kappa shape index (κ2) is 8.75. The van der Waals surface area contributed by atoms with E-state index in [1.54, 1.807) is 12.3 Å². The molecule has 1 aromatic heterocycles. The lowest BCUT2D eigenvalue weighted by Gasteiger charge is -2.34. The van der Waals surface area contributed by atoms with Gasteiger partial charge in [-0.2, -0.15) is 0 Å². The Balaban J connectivity index is 1.40. The van der Waals surface area contributed by atoms with Crippen molar-refractivity contribution in [1.82, 2.24) is 9.88 Å². The van der Waals surface area contributed by atoms with Crippen LogP contribution >= 0.6 is 0 Å². The minimum absolute atomic E-state index is 0.231. The van der Waals surface area contributed by atoms with Crippen LogP contribution in [0.4, 0.5) is 22.7 Å². The fraction of sp³-hybridized carbons (Fsp3) is 0.217. The Morgan fingerprint density at radius 3 is 2.31 bits per heavy atom. The van der Waals surface area contributed by atoms with E-state index in [2.05, 4.69) is 56.7 Å². The molecule has 29 heavy (non-hydrogen) atoms. The first-order chi connectivity index (χ1) is 14.2. The van der Waals surface area contributed by atoms with E-state index in [-0.39, 0.29) is 5.91 Å². The molecular weight excluding hydrogens is 362 g/mol. The van der Waals surface area contributed by atoms with Crippen LogP contribution in [-0.2, 0) is 0 Å². The summed E-state index contributed by atoms with van der Waals surface area (Å²) in [7, 11) is 2.16. The summed E-state index contributed by atoms with van der Waals surface area (Å²) in [5, 5.41) is 6.21. The van der Waals surface area contributed by atoms with Gasteiger partial charge < -0.3 is 20.4 Å². The normalized spacial score (nSPS) is 14.4. The van der Waals surface area contributed by atoms with Crippen molar-refractivity contribution in [3.63, 3.8) is 0 Å². The molecule has 6 nitrogen and oxygen atoms in total. The number of rotatable bonds is 5. The van der Waals surface area contributed by atoms with Gasteiger partial charge in [-0.1, -0.05) is 18.2 Å². The Hall–Kier alpha value is -3.38. The van der Waals surface area contributed by atoms with E-state index in [9.17, 15) is 4.79 Å². The molecule has 148 valence electrons. The third-order valence-electron chi connectivity index (χ3n) is 5.05. The van der Waals surface area contributed by atoms with Crippen LogP contribution in [0.5, 0.6) is 0 Å². The predicted molar refractivity (Wildman–Crippen MR) is 118 cm³/mol. The summed E-state index contributed by atoms with van der Waals surface area (Å²) in [6.45, 7) is 4.27. The van der Waals surface area contributed by atoms with E-state index in [0.717, 1.165) is 43.2 Å². The van der Waals surface area contributed by atoms with E-state index < -0.39 is 0 Å². The van der Waals surface area contributed by atoms with Crippen LogP contribution in [0.25, 0.3) is 0 Å². The van der Waals surface area contributed by atoms with Gasteiger partial charge in [-0.15, -0.1) is 0 Å². The molecular formula is C23H25N5O. The molecule has 0 spiro atoms. The van der Waals surface area contributed by atoms with Gasteiger partial charge in [0.25, 0.3) is 5.91 Å². The molecule has 1 amide bonds. The molecule has 4 rings (SSSR count). The number of carbonyl (C=O) groups excluding carboxylic acids is 1. The van der Waals surface area contributed by atoms with Gasteiger partial charge in [0.05, 0.1) is 0 Å². The van der Waals surface area contributed by atoms with Crippen molar-refractivity contribution in [2.24, 2.45) is 0 Å². The number of likely N-dealkylation sites (N-methyl/N-ethyl adjacent to an activating group) is 1. The maximum atomic E-state index is 12.5. The SMILES string of the molecule is CN1CCN(c2ccc(Nc3ccnc(C(=O)Nc4ccccc4)c3)cc2)CC1. The second-order valence-electron chi connectivity index (χ2n) is 7.21. The summed E-state index contributed by atoms with van der Waals surface area (Å²) in [5.74, 6) is -0.231. The maximum absolute atomic E-state index is 12.5. The Kier molecular flexibility index (Phi) is 5.72. The third-order valence-corrected chi connectivity index (χ3v) is 5.05. The van der Waals surface area contributed by atoms with Crippen molar-refractivity contribution in [2.45, 2.75) is 0 Å². The highest BCUT2D eigenvalue weighted by Gasteiger charge is 2.14. The number of para-hydroxylation sites is 1. The largest absolute Gasteiger partial charge is 0.369 e. The minimum atomic E-state index is -0.231. The average Bonchev–Trinajstić information content (AvgIpc) is 2.76. The third kappa shape index (κ3) is 4.92. The van der Waals surface area contributed by atoms with E-state index in [4.69, 9.17) is 0 Å². The smallest absolute Gasteiger partial charge is 0.274 e. The molecule has 0 saturated carbocycles. The van der Waals surface area contributed by atoms with Crippen LogP contribution in [0.15, 0.2) is 72.9 Å². The Labute approximate surface area is 171 Å². The zero-order chi connectivity index (χ0) is 20.1. The zero-order valence-corrected chi connectivity index (χ0v) is 16.5. The molecule has 0 radical (unpaired) electrons. The summed E-state index contributed by atoms with van der Waals surface area (Å²) in [6, 6.07) is 21.4. The van der Waals surface area contributed by atoms with E-state index in [1.807, 2.05) is 36.4 Å². The van der Waals surface area contributed by atoms with E-state index in [0.29, 0.717) is 5.69 Å². The van der Waals surface area contributed by atoms with Gasteiger partial charge in [0, 0.05) is 55.1 Å². The lowest BCUT2D eigenvalue weighted by Crippen LogP contribution is -2.44. The lowest BCUT2D eigenvalue weighted by atomic mass is 10.2. The number of aromatic nitrogens is 1. The van der Waals surface area contributed by atoms with Gasteiger partial charge in [0.2, 0.25) is 0 Å². The van der Waals surface area contributed by atoms with Gasteiger partial charge in [-0.05, 0) is 55.6 Å². The van der Waals surface area contributed by atoms with Crippen LogP contribution in [0.1, 0.15) is 10.5 Å². The van der Waals surface area contributed by atoms with Crippen LogP contribution in [0, 0.1) is 0 Å². The van der Waals surface area contributed by atoms with Crippen LogP contribution in [-0.4, -0.2) is 49.0 Å². The van der Waals surface area contributed by atoms with Crippen molar-refractivity contribution in [3.05, 3.63) is 78.6 Å². The topological polar surface area (TPSA) is 60.5 Å². The minimum Gasteiger partial charge on any atom is -0.369 e. The van der Waals surface area contributed by atoms with Crippen molar-refractivity contribution in [1.29, 1.82) is 0 Å². The molecule has 2 aromatic carbocycles. The van der Waals surface area contributed by atoms with Crippen molar-refractivity contribution >= 4 is 28.7 Å². The van der Waals surface area contributed by atoms with Crippen molar-refractivity contribution in [2.75, 3.05) is 48.8 Å². The molecule has 1 saturated heterocycles. The number of pyridine rings is 1. The monoisotopic (exact) mass is 387 g/mol. The molecule has 6 heteroatoms. The summed E-state index contributed by atoms with van der Waals surface area (Å²) in [6.07, 6.45) is 1.64. The van der Waals surface area contributed by atoms with Crippen LogP contribution in [0.3, 0.4) is 0 Å². The Morgan fingerprint density at radius 2 is 1.59 bits per heavy atom. The number of benzene rings is 2. The van der Waals surface area contributed by atoms with Crippen LogP contribution in [0.2, 0.25) is 0 Å². The van der Waals surface area contributed by atoms with E-state index >= 15 is 0 Å². The molecule has 0 atom stereocenters. The zero-order valence-electron chi connectivity index (χ0n) is 16.5. The van der Waals surface area contributed by atoms with Crippen LogP contribution < -0.4 is 15.5 Å². The molecule has 1 fully saturated rings. The molecule has 0 unspecified atom stereocenters. The standard InChI is InChI=1S/C23H25N5O/c1-27-13-15-28(16-14-27)21-9-7-19(8-10-21)25-20-11-12-24-22(17-20)23(29)26-18-5-3-2-4-6-18/h2-12,17H,13-16H2,1H3,(H,24,25)(H,26,29). The molecule has 1 aliphatic rings. The molecule has 3 aromatic rings. The van der Waals surface area contributed by atoms with Crippen molar-refractivity contribution in [3.8, 4) is 0 Å². The van der Waals surface area contributed by atoms with Gasteiger partial charge in [0.1, 0.15) is 5.69 Å². The fourth-order valence-electron chi connectivity index (χ4n) is 3.34. The van der Waals surface area contributed by atoms with E-state index in [1.165, 1.54) is 5.69 Å².